The van der Waals surface area contributed by atoms with E-state index < -0.39 is 0 Å². The first-order valence-electron chi connectivity index (χ1n) is 5.47. The second-order valence-corrected chi connectivity index (χ2v) is 5.87. The second-order valence-electron chi connectivity index (χ2n) is 3.82. The fourth-order valence-electron chi connectivity index (χ4n) is 1.87. The Labute approximate surface area is 108 Å². The van der Waals surface area contributed by atoms with Gasteiger partial charge in [-0.1, -0.05) is 18.2 Å². The van der Waals surface area contributed by atoms with Crippen LogP contribution in [-0.4, -0.2) is 11.5 Å². The number of nitrogens with zero attached hydrogens (tertiary/aromatic N) is 1. The van der Waals surface area contributed by atoms with Crippen molar-refractivity contribution in [2.75, 3.05) is 6.54 Å². The summed E-state index contributed by atoms with van der Waals surface area (Å²) in [6.07, 6.45) is 0. The van der Waals surface area contributed by atoms with Crippen LogP contribution >= 0.6 is 22.7 Å². The normalized spacial score (nSPS) is 13.0. The zero-order valence-electron chi connectivity index (χ0n) is 9.17. The average molecular weight is 260 g/mol. The van der Waals surface area contributed by atoms with E-state index in [1.54, 1.807) is 22.7 Å². The van der Waals surface area contributed by atoms with Crippen molar-refractivity contribution in [2.45, 2.75) is 5.92 Å². The SMILES string of the molecule is NCC(c1cccs1)c1nc2ccccc2s1. The maximum Gasteiger partial charge on any atom is 0.103 e. The van der Waals surface area contributed by atoms with Gasteiger partial charge < -0.3 is 5.73 Å². The van der Waals surface area contributed by atoms with Crippen molar-refractivity contribution in [2.24, 2.45) is 5.73 Å². The lowest BCUT2D eigenvalue weighted by Crippen LogP contribution is -2.12. The Balaban J connectivity index is 2.07. The van der Waals surface area contributed by atoms with Gasteiger partial charge in [-0.25, -0.2) is 4.98 Å². The third kappa shape index (κ3) is 1.99. The highest BCUT2D eigenvalue weighted by molar-refractivity contribution is 7.18. The molecular formula is C13H12N2S2. The number of hydrogen-bond acceptors (Lipinski definition) is 4. The Morgan fingerprint density at radius 3 is 2.76 bits per heavy atom. The number of para-hydroxylation sites is 1. The van der Waals surface area contributed by atoms with Gasteiger partial charge in [-0.2, -0.15) is 0 Å². The van der Waals surface area contributed by atoms with Crippen LogP contribution in [0.3, 0.4) is 0 Å². The number of rotatable bonds is 3. The van der Waals surface area contributed by atoms with Gasteiger partial charge in [-0.05, 0) is 23.6 Å². The third-order valence-corrected chi connectivity index (χ3v) is 4.87. The van der Waals surface area contributed by atoms with Gasteiger partial charge in [0.25, 0.3) is 0 Å². The summed E-state index contributed by atoms with van der Waals surface area (Å²) in [4.78, 5) is 5.98. The van der Waals surface area contributed by atoms with Gasteiger partial charge in [0.1, 0.15) is 5.01 Å². The predicted molar refractivity (Wildman–Crippen MR) is 74.8 cm³/mol. The predicted octanol–water partition coefficient (Wildman–Crippen LogP) is 3.45. The molecule has 0 aliphatic heterocycles. The lowest BCUT2D eigenvalue weighted by Gasteiger charge is -2.08. The highest BCUT2D eigenvalue weighted by Crippen LogP contribution is 2.32. The van der Waals surface area contributed by atoms with E-state index in [1.165, 1.54) is 9.58 Å². The standard InChI is InChI=1S/C13H12N2S2/c14-8-9(11-6-3-7-16-11)13-15-10-4-1-2-5-12(10)17-13/h1-7,9H,8,14H2. The van der Waals surface area contributed by atoms with Crippen LogP contribution in [0.15, 0.2) is 41.8 Å². The zero-order chi connectivity index (χ0) is 11.7. The minimum Gasteiger partial charge on any atom is -0.329 e. The minimum atomic E-state index is 0.243. The van der Waals surface area contributed by atoms with Crippen LogP contribution < -0.4 is 5.73 Å². The van der Waals surface area contributed by atoms with Crippen LogP contribution in [0.1, 0.15) is 15.8 Å². The maximum atomic E-state index is 5.89. The molecule has 2 N–H and O–H groups in total. The lowest BCUT2D eigenvalue weighted by atomic mass is 10.1. The van der Waals surface area contributed by atoms with E-state index >= 15 is 0 Å². The molecule has 0 saturated carbocycles. The fraction of sp³-hybridized carbons (Fsp3) is 0.154. The molecule has 0 spiro atoms. The molecule has 0 aliphatic rings. The van der Waals surface area contributed by atoms with E-state index in [0.29, 0.717) is 6.54 Å². The van der Waals surface area contributed by atoms with Gasteiger partial charge >= 0.3 is 0 Å². The first kappa shape index (κ1) is 10.9. The fourth-order valence-corrected chi connectivity index (χ4v) is 3.89. The average Bonchev–Trinajstić information content (AvgIpc) is 2.98. The molecule has 2 heterocycles. The molecule has 0 aliphatic carbocycles. The number of aromatic nitrogens is 1. The molecule has 1 unspecified atom stereocenters. The molecule has 0 bridgehead atoms. The van der Waals surface area contributed by atoms with E-state index in [-0.39, 0.29) is 5.92 Å². The Kier molecular flexibility index (Phi) is 2.93. The summed E-state index contributed by atoms with van der Waals surface area (Å²) in [6, 6.07) is 12.4. The quantitative estimate of drug-likeness (QED) is 0.783. The second kappa shape index (κ2) is 4.56. The van der Waals surface area contributed by atoms with Crippen LogP contribution in [0.25, 0.3) is 10.2 Å². The minimum absolute atomic E-state index is 0.243. The Morgan fingerprint density at radius 2 is 2.06 bits per heavy atom. The number of fused-ring (bicyclic) bond motifs is 1. The number of benzene rings is 1. The molecular weight excluding hydrogens is 248 g/mol. The van der Waals surface area contributed by atoms with Crippen LogP contribution in [0.5, 0.6) is 0 Å². The third-order valence-electron chi connectivity index (χ3n) is 2.73. The van der Waals surface area contributed by atoms with Crippen LogP contribution in [-0.2, 0) is 0 Å². The van der Waals surface area contributed by atoms with Gasteiger partial charge in [0.2, 0.25) is 0 Å². The highest BCUT2D eigenvalue weighted by atomic mass is 32.1. The van der Waals surface area contributed by atoms with E-state index in [0.717, 1.165) is 10.5 Å². The molecule has 1 atom stereocenters. The summed E-state index contributed by atoms with van der Waals surface area (Å²) in [5.74, 6) is 0.243. The summed E-state index contributed by atoms with van der Waals surface area (Å²) in [6.45, 7) is 0.611. The summed E-state index contributed by atoms with van der Waals surface area (Å²) in [7, 11) is 0. The van der Waals surface area contributed by atoms with E-state index in [1.807, 2.05) is 12.1 Å². The first-order valence-corrected chi connectivity index (χ1v) is 7.17. The molecule has 2 aromatic heterocycles. The van der Waals surface area contributed by atoms with E-state index in [2.05, 4.69) is 34.6 Å². The van der Waals surface area contributed by atoms with Gasteiger partial charge in [0, 0.05) is 11.4 Å². The molecule has 2 nitrogen and oxygen atoms in total. The van der Waals surface area contributed by atoms with Crippen LogP contribution in [0.2, 0.25) is 0 Å². The number of hydrogen-bond donors (Lipinski definition) is 1. The number of thiophene rings is 1. The molecule has 1 aromatic carbocycles. The van der Waals surface area contributed by atoms with E-state index in [4.69, 9.17) is 5.73 Å². The number of nitrogens with two attached hydrogens (primary N) is 1. The maximum absolute atomic E-state index is 5.89. The van der Waals surface area contributed by atoms with Gasteiger partial charge in [-0.3, -0.25) is 0 Å². The van der Waals surface area contributed by atoms with Crippen molar-refractivity contribution < 1.29 is 0 Å². The molecule has 3 rings (SSSR count). The zero-order valence-corrected chi connectivity index (χ0v) is 10.8. The highest BCUT2D eigenvalue weighted by Gasteiger charge is 2.17. The van der Waals surface area contributed by atoms with Crippen LogP contribution in [0.4, 0.5) is 0 Å². The van der Waals surface area contributed by atoms with Crippen LogP contribution in [0, 0.1) is 0 Å². The lowest BCUT2D eigenvalue weighted by molar-refractivity contribution is 0.828. The molecule has 3 aromatic rings. The molecule has 0 amide bonds. The van der Waals surface area contributed by atoms with Crippen molar-refractivity contribution in [3.05, 3.63) is 51.7 Å². The molecule has 0 saturated heterocycles. The van der Waals surface area contributed by atoms with Gasteiger partial charge in [-0.15, -0.1) is 22.7 Å². The van der Waals surface area contributed by atoms with Crippen molar-refractivity contribution >= 4 is 32.9 Å². The summed E-state index contributed by atoms with van der Waals surface area (Å²) in [5, 5.41) is 3.21. The monoisotopic (exact) mass is 260 g/mol. The van der Waals surface area contributed by atoms with Crippen molar-refractivity contribution in [1.82, 2.24) is 4.98 Å². The molecule has 4 heteroatoms. The topological polar surface area (TPSA) is 38.9 Å². The summed E-state index contributed by atoms with van der Waals surface area (Å²) in [5.41, 5.74) is 6.96. The summed E-state index contributed by atoms with van der Waals surface area (Å²) < 4.78 is 1.23. The van der Waals surface area contributed by atoms with Crippen molar-refractivity contribution in [3.8, 4) is 0 Å². The van der Waals surface area contributed by atoms with Crippen molar-refractivity contribution in [3.63, 3.8) is 0 Å². The smallest absolute Gasteiger partial charge is 0.103 e. The Hall–Kier alpha value is -1.23. The van der Waals surface area contributed by atoms with E-state index in [9.17, 15) is 0 Å². The molecule has 17 heavy (non-hydrogen) atoms. The number of thiazole rings is 1. The first-order chi connectivity index (χ1) is 8.38. The van der Waals surface area contributed by atoms with Gasteiger partial charge in [0.15, 0.2) is 0 Å². The molecule has 0 fully saturated rings. The molecule has 0 radical (unpaired) electrons. The van der Waals surface area contributed by atoms with Gasteiger partial charge in [0.05, 0.1) is 16.1 Å². The Morgan fingerprint density at radius 1 is 1.18 bits per heavy atom. The molecule has 86 valence electrons. The van der Waals surface area contributed by atoms with Crippen molar-refractivity contribution in [1.29, 1.82) is 0 Å². The Bertz CT molecular complexity index is 580. The largest absolute Gasteiger partial charge is 0.329 e. The summed E-state index contributed by atoms with van der Waals surface area (Å²) >= 11 is 3.49.